The maximum Gasteiger partial charge on any atom is 0.331 e. The first-order chi connectivity index (χ1) is 9.61. The summed E-state index contributed by atoms with van der Waals surface area (Å²) in [5, 5.41) is 2.29. The van der Waals surface area contributed by atoms with Crippen molar-refractivity contribution in [2.75, 3.05) is 13.2 Å². The SMILES string of the molecule is CCCOCCCC1=CC(=O)OC2CC(=O)NC(=O)C12. The Balaban J connectivity index is 1.97. The first-order valence-corrected chi connectivity index (χ1v) is 6.94. The van der Waals surface area contributed by atoms with Crippen molar-refractivity contribution in [3.8, 4) is 0 Å². The van der Waals surface area contributed by atoms with Crippen LogP contribution in [0.4, 0.5) is 0 Å². The van der Waals surface area contributed by atoms with Crippen molar-refractivity contribution in [2.45, 2.75) is 38.7 Å². The molecule has 2 amide bonds. The Morgan fingerprint density at radius 1 is 1.35 bits per heavy atom. The second kappa shape index (κ2) is 6.65. The third-order valence-corrected chi connectivity index (χ3v) is 3.38. The summed E-state index contributed by atoms with van der Waals surface area (Å²) in [6.07, 6.45) is 3.07. The molecule has 1 saturated heterocycles. The van der Waals surface area contributed by atoms with E-state index in [4.69, 9.17) is 9.47 Å². The lowest BCUT2D eigenvalue weighted by Crippen LogP contribution is -2.52. The third-order valence-electron chi connectivity index (χ3n) is 3.38. The topological polar surface area (TPSA) is 81.7 Å². The van der Waals surface area contributed by atoms with E-state index in [1.807, 2.05) is 6.92 Å². The van der Waals surface area contributed by atoms with E-state index in [9.17, 15) is 14.4 Å². The molecule has 2 aliphatic heterocycles. The van der Waals surface area contributed by atoms with Crippen LogP contribution in [0.15, 0.2) is 11.6 Å². The zero-order valence-electron chi connectivity index (χ0n) is 11.5. The number of carbonyl (C=O) groups is 3. The first-order valence-electron chi connectivity index (χ1n) is 6.94. The summed E-state index contributed by atoms with van der Waals surface area (Å²) in [6.45, 7) is 3.34. The number of nitrogens with one attached hydrogen (secondary N) is 1. The summed E-state index contributed by atoms with van der Waals surface area (Å²) in [5.74, 6) is -1.77. The normalized spacial score (nSPS) is 25.6. The second-order valence-electron chi connectivity index (χ2n) is 5.00. The summed E-state index contributed by atoms with van der Waals surface area (Å²) in [7, 11) is 0. The van der Waals surface area contributed by atoms with Gasteiger partial charge >= 0.3 is 5.97 Å². The number of ether oxygens (including phenoxy) is 2. The summed E-state index contributed by atoms with van der Waals surface area (Å²) < 4.78 is 10.5. The molecule has 0 bridgehead atoms. The average molecular weight is 281 g/mol. The van der Waals surface area contributed by atoms with Gasteiger partial charge in [-0.25, -0.2) is 4.79 Å². The molecule has 6 nitrogen and oxygen atoms in total. The molecule has 0 aliphatic carbocycles. The van der Waals surface area contributed by atoms with Crippen LogP contribution in [0, 0.1) is 5.92 Å². The van der Waals surface area contributed by atoms with Gasteiger partial charge in [0.25, 0.3) is 0 Å². The van der Waals surface area contributed by atoms with Crippen LogP contribution in [0.3, 0.4) is 0 Å². The van der Waals surface area contributed by atoms with E-state index < -0.39 is 23.9 Å². The smallest absolute Gasteiger partial charge is 0.331 e. The van der Waals surface area contributed by atoms with E-state index in [0.717, 1.165) is 18.4 Å². The highest BCUT2D eigenvalue weighted by molar-refractivity contribution is 6.02. The highest BCUT2D eigenvalue weighted by atomic mass is 16.5. The molecule has 2 rings (SSSR count). The summed E-state index contributed by atoms with van der Waals surface area (Å²) in [5.41, 5.74) is 0.733. The van der Waals surface area contributed by atoms with Gasteiger partial charge in [-0.15, -0.1) is 0 Å². The second-order valence-corrected chi connectivity index (χ2v) is 5.00. The van der Waals surface area contributed by atoms with Crippen molar-refractivity contribution in [3.05, 3.63) is 11.6 Å². The van der Waals surface area contributed by atoms with Gasteiger partial charge in [0, 0.05) is 19.3 Å². The molecule has 2 unspecified atom stereocenters. The van der Waals surface area contributed by atoms with Crippen LogP contribution in [0.5, 0.6) is 0 Å². The lowest BCUT2D eigenvalue weighted by atomic mass is 9.83. The predicted octanol–water partition coefficient (Wildman–Crippen LogP) is 0.708. The van der Waals surface area contributed by atoms with Crippen molar-refractivity contribution in [1.82, 2.24) is 5.32 Å². The minimum atomic E-state index is -0.652. The molecular weight excluding hydrogens is 262 g/mol. The maximum absolute atomic E-state index is 11.9. The van der Waals surface area contributed by atoms with Gasteiger partial charge in [-0.05, 0) is 24.8 Å². The van der Waals surface area contributed by atoms with Crippen molar-refractivity contribution in [1.29, 1.82) is 0 Å². The van der Waals surface area contributed by atoms with Gasteiger partial charge in [-0.2, -0.15) is 0 Å². The van der Waals surface area contributed by atoms with Crippen molar-refractivity contribution in [2.24, 2.45) is 5.92 Å². The molecular formula is C14H19NO5. The van der Waals surface area contributed by atoms with E-state index in [-0.39, 0.29) is 12.3 Å². The van der Waals surface area contributed by atoms with Gasteiger partial charge in [0.1, 0.15) is 6.10 Å². The fourth-order valence-electron chi connectivity index (χ4n) is 2.53. The van der Waals surface area contributed by atoms with E-state index in [0.29, 0.717) is 19.6 Å². The quantitative estimate of drug-likeness (QED) is 0.440. The molecule has 2 heterocycles. The highest BCUT2D eigenvalue weighted by Gasteiger charge is 2.42. The molecule has 0 saturated carbocycles. The van der Waals surface area contributed by atoms with E-state index in [1.54, 1.807) is 0 Å². The summed E-state index contributed by atoms with van der Waals surface area (Å²) in [6, 6.07) is 0. The average Bonchev–Trinajstić information content (AvgIpc) is 2.36. The molecule has 1 fully saturated rings. The number of esters is 1. The Kier molecular flexibility index (Phi) is 4.89. The Morgan fingerprint density at radius 2 is 2.15 bits per heavy atom. The molecule has 1 N–H and O–H groups in total. The summed E-state index contributed by atoms with van der Waals surface area (Å²) >= 11 is 0. The standard InChI is InChI=1S/C14H19NO5/c1-2-5-19-6-3-4-9-7-12(17)20-10-8-11(16)15-14(18)13(9)10/h7,10,13H,2-6,8H2,1H3,(H,15,16,18). The van der Waals surface area contributed by atoms with Crippen molar-refractivity contribution >= 4 is 17.8 Å². The number of hydrogen-bond donors (Lipinski definition) is 1. The number of fused-ring (bicyclic) bond motifs is 1. The van der Waals surface area contributed by atoms with Crippen LogP contribution < -0.4 is 5.32 Å². The zero-order valence-corrected chi connectivity index (χ0v) is 11.5. The lowest BCUT2D eigenvalue weighted by molar-refractivity contribution is -0.155. The Morgan fingerprint density at radius 3 is 2.90 bits per heavy atom. The lowest BCUT2D eigenvalue weighted by Gasteiger charge is -2.34. The van der Waals surface area contributed by atoms with Gasteiger partial charge in [-0.1, -0.05) is 6.92 Å². The van der Waals surface area contributed by atoms with Crippen LogP contribution >= 0.6 is 0 Å². The number of piperidine rings is 1. The number of hydrogen-bond acceptors (Lipinski definition) is 5. The van der Waals surface area contributed by atoms with Crippen LogP contribution in [0.2, 0.25) is 0 Å². The Labute approximate surface area is 117 Å². The molecule has 110 valence electrons. The largest absolute Gasteiger partial charge is 0.457 e. The highest BCUT2D eigenvalue weighted by Crippen LogP contribution is 2.31. The van der Waals surface area contributed by atoms with Gasteiger partial charge in [0.05, 0.1) is 12.3 Å². The van der Waals surface area contributed by atoms with Gasteiger partial charge in [0.2, 0.25) is 11.8 Å². The zero-order chi connectivity index (χ0) is 14.5. The van der Waals surface area contributed by atoms with Gasteiger partial charge < -0.3 is 9.47 Å². The first kappa shape index (κ1) is 14.7. The molecule has 0 radical (unpaired) electrons. The fraction of sp³-hybridized carbons (Fsp3) is 0.643. The number of carbonyl (C=O) groups excluding carboxylic acids is 3. The van der Waals surface area contributed by atoms with Gasteiger partial charge in [-0.3, -0.25) is 14.9 Å². The van der Waals surface area contributed by atoms with Crippen LogP contribution in [-0.4, -0.2) is 37.1 Å². The molecule has 0 aromatic heterocycles. The molecule has 2 atom stereocenters. The molecule has 0 aromatic rings. The third kappa shape index (κ3) is 3.45. The monoisotopic (exact) mass is 281 g/mol. The Bertz CT molecular complexity index is 443. The van der Waals surface area contributed by atoms with Crippen LogP contribution in [0.1, 0.15) is 32.6 Å². The Hall–Kier alpha value is -1.69. The maximum atomic E-state index is 11.9. The fourth-order valence-corrected chi connectivity index (χ4v) is 2.53. The van der Waals surface area contributed by atoms with E-state index in [2.05, 4.69) is 5.32 Å². The molecule has 6 heteroatoms. The molecule has 2 aliphatic rings. The van der Waals surface area contributed by atoms with Gasteiger partial charge in [0.15, 0.2) is 0 Å². The number of imide groups is 1. The number of amides is 2. The molecule has 20 heavy (non-hydrogen) atoms. The van der Waals surface area contributed by atoms with Crippen LogP contribution in [0.25, 0.3) is 0 Å². The molecule has 0 spiro atoms. The van der Waals surface area contributed by atoms with E-state index in [1.165, 1.54) is 6.08 Å². The minimum absolute atomic E-state index is 0.0474. The van der Waals surface area contributed by atoms with Crippen molar-refractivity contribution < 1.29 is 23.9 Å². The van der Waals surface area contributed by atoms with Crippen LogP contribution in [-0.2, 0) is 23.9 Å². The predicted molar refractivity (Wildman–Crippen MR) is 69.6 cm³/mol. The summed E-state index contributed by atoms with van der Waals surface area (Å²) in [4.78, 5) is 34.7. The van der Waals surface area contributed by atoms with Crippen molar-refractivity contribution in [3.63, 3.8) is 0 Å². The van der Waals surface area contributed by atoms with E-state index >= 15 is 0 Å². The molecule has 0 aromatic carbocycles. The number of rotatable bonds is 6. The minimum Gasteiger partial charge on any atom is -0.457 e.